The van der Waals surface area contributed by atoms with Crippen molar-refractivity contribution >= 4 is 5.84 Å². The van der Waals surface area contributed by atoms with Crippen molar-refractivity contribution in [2.24, 2.45) is 10.9 Å². The molecular formula is C13H20N2O2. The molecule has 0 bridgehead atoms. The third-order valence-corrected chi connectivity index (χ3v) is 2.52. The fourth-order valence-corrected chi connectivity index (χ4v) is 1.56. The van der Waals surface area contributed by atoms with Crippen molar-refractivity contribution in [2.45, 2.75) is 33.1 Å². The van der Waals surface area contributed by atoms with Gasteiger partial charge in [0.05, 0.1) is 12.2 Å². The third kappa shape index (κ3) is 3.98. The lowest BCUT2D eigenvalue weighted by Gasteiger charge is -2.11. The Bertz CT molecular complexity index is 389. The Labute approximate surface area is 102 Å². The van der Waals surface area contributed by atoms with Crippen LogP contribution in [0.2, 0.25) is 0 Å². The number of aryl methyl sites for hydroxylation is 1. The molecule has 0 fully saturated rings. The summed E-state index contributed by atoms with van der Waals surface area (Å²) in [6.07, 6.45) is 3.31. The van der Waals surface area contributed by atoms with Gasteiger partial charge in [-0.2, -0.15) is 0 Å². The summed E-state index contributed by atoms with van der Waals surface area (Å²) in [5.41, 5.74) is 7.31. The molecule has 0 heterocycles. The largest absolute Gasteiger partial charge is 0.493 e. The van der Waals surface area contributed by atoms with Crippen molar-refractivity contribution < 1.29 is 9.94 Å². The zero-order chi connectivity index (χ0) is 12.7. The number of benzene rings is 1. The monoisotopic (exact) mass is 236 g/mol. The Morgan fingerprint density at radius 2 is 2.18 bits per heavy atom. The Balaban J connectivity index is 2.76. The molecule has 94 valence electrons. The zero-order valence-corrected chi connectivity index (χ0v) is 10.4. The molecule has 0 amide bonds. The van der Waals surface area contributed by atoms with Crippen LogP contribution in [-0.2, 0) is 0 Å². The van der Waals surface area contributed by atoms with Crippen LogP contribution in [0, 0.1) is 6.92 Å². The number of amidine groups is 1. The molecule has 1 aromatic carbocycles. The molecule has 0 spiro atoms. The van der Waals surface area contributed by atoms with Crippen molar-refractivity contribution in [3.63, 3.8) is 0 Å². The number of ether oxygens (including phenoxy) is 1. The van der Waals surface area contributed by atoms with Crippen LogP contribution in [0.4, 0.5) is 0 Å². The average Bonchev–Trinajstić information content (AvgIpc) is 2.35. The van der Waals surface area contributed by atoms with Gasteiger partial charge in [-0.05, 0) is 25.5 Å². The summed E-state index contributed by atoms with van der Waals surface area (Å²) >= 11 is 0. The minimum atomic E-state index is 0.0826. The minimum Gasteiger partial charge on any atom is -0.493 e. The van der Waals surface area contributed by atoms with Crippen LogP contribution >= 0.6 is 0 Å². The van der Waals surface area contributed by atoms with Crippen LogP contribution in [0.15, 0.2) is 23.4 Å². The van der Waals surface area contributed by atoms with Crippen LogP contribution in [0.3, 0.4) is 0 Å². The first-order valence-electron chi connectivity index (χ1n) is 5.90. The third-order valence-electron chi connectivity index (χ3n) is 2.52. The molecule has 0 aromatic heterocycles. The van der Waals surface area contributed by atoms with E-state index in [4.69, 9.17) is 15.7 Å². The van der Waals surface area contributed by atoms with E-state index in [0.29, 0.717) is 17.9 Å². The molecular weight excluding hydrogens is 216 g/mol. The number of hydrogen-bond donors (Lipinski definition) is 2. The second-order valence-corrected chi connectivity index (χ2v) is 4.04. The molecule has 0 aliphatic rings. The summed E-state index contributed by atoms with van der Waals surface area (Å²) < 4.78 is 5.65. The van der Waals surface area contributed by atoms with E-state index in [1.54, 1.807) is 0 Å². The number of oxime groups is 1. The van der Waals surface area contributed by atoms with E-state index in [1.807, 2.05) is 25.1 Å². The van der Waals surface area contributed by atoms with Gasteiger partial charge in [-0.1, -0.05) is 36.6 Å². The second kappa shape index (κ2) is 6.78. The van der Waals surface area contributed by atoms with Gasteiger partial charge in [0.1, 0.15) is 5.75 Å². The normalized spacial score (nSPS) is 11.5. The SMILES string of the molecule is CCCCCOc1ccc(C)cc1/C(N)=N/O. The predicted octanol–water partition coefficient (Wildman–Crippen LogP) is 2.66. The van der Waals surface area contributed by atoms with Crippen molar-refractivity contribution in [1.82, 2.24) is 0 Å². The van der Waals surface area contributed by atoms with E-state index >= 15 is 0 Å². The van der Waals surface area contributed by atoms with E-state index in [-0.39, 0.29) is 5.84 Å². The van der Waals surface area contributed by atoms with Gasteiger partial charge >= 0.3 is 0 Å². The van der Waals surface area contributed by atoms with E-state index in [0.717, 1.165) is 24.8 Å². The lowest BCUT2D eigenvalue weighted by Crippen LogP contribution is -2.15. The maximum atomic E-state index is 8.72. The lowest BCUT2D eigenvalue weighted by atomic mass is 10.1. The lowest BCUT2D eigenvalue weighted by molar-refractivity contribution is 0.303. The Morgan fingerprint density at radius 3 is 2.82 bits per heavy atom. The van der Waals surface area contributed by atoms with Crippen LogP contribution in [-0.4, -0.2) is 17.6 Å². The molecule has 0 atom stereocenters. The Hall–Kier alpha value is -1.71. The molecule has 1 rings (SSSR count). The van der Waals surface area contributed by atoms with Gasteiger partial charge in [-0.3, -0.25) is 0 Å². The summed E-state index contributed by atoms with van der Waals surface area (Å²) in [5.74, 6) is 0.751. The first kappa shape index (κ1) is 13.4. The summed E-state index contributed by atoms with van der Waals surface area (Å²) in [6.45, 7) is 4.76. The van der Waals surface area contributed by atoms with E-state index in [2.05, 4.69) is 12.1 Å². The molecule has 0 aliphatic heterocycles. The minimum absolute atomic E-state index is 0.0826. The van der Waals surface area contributed by atoms with Crippen LogP contribution in [0.1, 0.15) is 37.3 Å². The van der Waals surface area contributed by atoms with Gasteiger partial charge < -0.3 is 15.7 Å². The molecule has 0 saturated heterocycles. The highest BCUT2D eigenvalue weighted by molar-refractivity contribution is 5.99. The molecule has 0 radical (unpaired) electrons. The standard InChI is InChI=1S/C13H20N2O2/c1-3-4-5-8-17-12-7-6-10(2)9-11(12)13(14)15-16/h6-7,9,16H,3-5,8H2,1-2H3,(H2,14,15). The highest BCUT2D eigenvalue weighted by atomic mass is 16.5. The molecule has 4 heteroatoms. The molecule has 3 N–H and O–H groups in total. The highest BCUT2D eigenvalue weighted by Crippen LogP contribution is 2.20. The molecule has 17 heavy (non-hydrogen) atoms. The predicted molar refractivity (Wildman–Crippen MR) is 68.7 cm³/mol. The number of nitrogens with two attached hydrogens (primary N) is 1. The van der Waals surface area contributed by atoms with Gasteiger partial charge in [0.2, 0.25) is 0 Å². The quantitative estimate of drug-likeness (QED) is 0.262. The topological polar surface area (TPSA) is 67.8 Å². The summed E-state index contributed by atoms with van der Waals surface area (Å²) in [7, 11) is 0. The maximum absolute atomic E-state index is 8.72. The fraction of sp³-hybridized carbons (Fsp3) is 0.462. The smallest absolute Gasteiger partial charge is 0.173 e. The number of rotatable bonds is 6. The van der Waals surface area contributed by atoms with Crippen LogP contribution < -0.4 is 10.5 Å². The van der Waals surface area contributed by atoms with E-state index < -0.39 is 0 Å². The fourth-order valence-electron chi connectivity index (χ4n) is 1.56. The molecule has 0 aliphatic carbocycles. The van der Waals surface area contributed by atoms with E-state index in [1.165, 1.54) is 0 Å². The van der Waals surface area contributed by atoms with Crippen molar-refractivity contribution in [3.05, 3.63) is 29.3 Å². The van der Waals surface area contributed by atoms with Gasteiger partial charge in [0.25, 0.3) is 0 Å². The maximum Gasteiger partial charge on any atom is 0.173 e. The first-order valence-corrected chi connectivity index (χ1v) is 5.90. The summed E-state index contributed by atoms with van der Waals surface area (Å²) in [5, 5.41) is 11.7. The average molecular weight is 236 g/mol. The summed E-state index contributed by atoms with van der Waals surface area (Å²) in [6, 6.07) is 5.65. The number of hydrogen-bond acceptors (Lipinski definition) is 3. The molecule has 0 unspecified atom stereocenters. The zero-order valence-electron chi connectivity index (χ0n) is 10.4. The number of unbranched alkanes of at least 4 members (excludes halogenated alkanes) is 2. The number of nitrogens with zero attached hydrogens (tertiary/aromatic N) is 1. The first-order chi connectivity index (χ1) is 8.19. The van der Waals surface area contributed by atoms with Crippen molar-refractivity contribution in [2.75, 3.05) is 6.61 Å². The van der Waals surface area contributed by atoms with Gasteiger partial charge in [0, 0.05) is 0 Å². The second-order valence-electron chi connectivity index (χ2n) is 4.04. The molecule has 1 aromatic rings. The van der Waals surface area contributed by atoms with Crippen LogP contribution in [0.5, 0.6) is 5.75 Å². The van der Waals surface area contributed by atoms with Gasteiger partial charge in [-0.25, -0.2) is 0 Å². The Kier molecular flexibility index (Phi) is 5.33. The van der Waals surface area contributed by atoms with Gasteiger partial charge in [-0.15, -0.1) is 0 Å². The van der Waals surface area contributed by atoms with Crippen molar-refractivity contribution in [3.8, 4) is 5.75 Å². The highest BCUT2D eigenvalue weighted by Gasteiger charge is 2.08. The van der Waals surface area contributed by atoms with Gasteiger partial charge in [0.15, 0.2) is 5.84 Å². The van der Waals surface area contributed by atoms with Crippen LogP contribution in [0.25, 0.3) is 0 Å². The molecule has 4 nitrogen and oxygen atoms in total. The molecule has 0 saturated carbocycles. The Morgan fingerprint density at radius 1 is 1.41 bits per heavy atom. The summed E-state index contributed by atoms with van der Waals surface area (Å²) in [4.78, 5) is 0. The van der Waals surface area contributed by atoms with Crippen molar-refractivity contribution in [1.29, 1.82) is 0 Å². The van der Waals surface area contributed by atoms with E-state index in [9.17, 15) is 0 Å².